The first-order valence-corrected chi connectivity index (χ1v) is 8.91. The molecule has 1 heterocycles. The Bertz CT molecular complexity index is 909. The van der Waals surface area contributed by atoms with E-state index >= 15 is 0 Å². The molecule has 134 valence electrons. The van der Waals surface area contributed by atoms with Gasteiger partial charge in [0, 0.05) is 22.7 Å². The second-order valence-corrected chi connectivity index (χ2v) is 6.88. The Morgan fingerprint density at radius 2 is 1.92 bits per heavy atom. The van der Waals surface area contributed by atoms with Crippen LogP contribution in [0.4, 0.5) is 0 Å². The van der Waals surface area contributed by atoms with Crippen molar-refractivity contribution in [1.82, 2.24) is 9.88 Å². The predicted octanol–water partition coefficient (Wildman–Crippen LogP) is 5.41. The molecule has 0 aliphatic carbocycles. The number of hydrogen-bond acceptors (Lipinski definition) is 3. The van der Waals surface area contributed by atoms with Gasteiger partial charge in [-0.2, -0.15) is 0 Å². The number of halogens is 2. The van der Waals surface area contributed by atoms with Crippen LogP contribution in [0.5, 0.6) is 0 Å². The highest BCUT2D eigenvalue weighted by atomic mass is 35.5. The van der Waals surface area contributed by atoms with E-state index in [1.165, 1.54) is 6.26 Å². The van der Waals surface area contributed by atoms with Gasteiger partial charge in [-0.25, -0.2) is 4.98 Å². The van der Waals surface area contributed by atoms with Gasteiger partial charge in [-0.05, 0) is 36.8 Å². The number of benzene rings is 2. The third-order valence-corrected chi connectivity index (χ3v) is 4.85. The van der Waals surface area contributed by atoms with Crippen LogP contribution < -0.4 is 0 Å². The summed E-state index contributed by atoms with van der Waals surface area (Å²) in [6, 6.07) is 14.7. The fraction of sp³-hybridized carbons (Fsp3) is 0.200. The van der Waals surface area contributed by atoms with E-state index in [9.17, 15) is 4.79 Å². The van der Waals surface area contributed by atoms with Gasteiger partial charge in [0.2, 0.25) is 11.8 Å². The van der Waals surface area contributed by atoms with Gasteiger partial charge in [0.1, 0.15) is 6.26 Å². The van der Waals surface area contributed by atoms with Crippen molar-refractivity contribution in [2.45, 2.75) is 19.4 Å². The molecule has 2 aromatic carbocycles. The normalized spacial score (nSPS) is 12.0. The van der Waals surface area contributed by atoms with Gasteiger partial charge in [-0.3, -0.25) is 4.79 Å². The number of amides is 1. The minimum atomic E-state index is -0.187. The van der Waals surface area contributed by atoms with Gasteiger partial charge in [-0.1, -0.05) is 47.5 Å². The van der Waals surface area contributed by atoms with E-state index in [-0.39, 0.29) is 18.4 Å². The third-order valence-electron chi connectivity index (χ3n) is 4.29. The number of carbonyl (C=O) groups is 1. The summed E-state index contributed by atoms with van der Waals surface area (Å²) in [5, 5.41) is 1.11. The summed E-state index contributed by atoms with van der Waals surface area (Å²) in [4.78, 5) is 18.7. The molecule has 0 N–H and O–H groups in total. The van der Waals surface area contributed by atoms with Crippen molar-refractivity contribution < 1.29 is 9.21 Å². The second-order valence-electron chi connectivity index (χ2n) is 6.03. The zero-order valence-corrected chi connectivity index (χ0v) is 16.0. The Morgan fingerprint density at radius 1 is 1.19 bits per heavy atom. The number of nitrogens with zero attached hydrogens (tertiary/aromatic N) is 2. The molecule has 3 rings (SSSR count). The molecule has 1 unspecified atom stereocenters. The monoisotopic (exact) mass is 388 g/mol. The lowest BCUT2D eigenvalue weighted by Gasteiger charge is -2.26. The summed E-state index contributed by atoms with van der Waals surface area (Å²) in [5.41, 5.74) is 2.31. The maximum absolute atomic E-state index is 12.6. The molecule has 0 radical (unpaired) electrons. The Kier molecular flexibility index (Phi) is 5.64. The Labute approximate surface area is 162 Å². The lowest BCUT2D eigenvalue weighted by molar-refractivity contribution is -0.131. The average Bonchev–Trinajstić information content (AvgIpc) is 3.10. The molecule has 0 fully saturated rings. The van der Waals surface area contributed by atoms with E-state index in [0.29, 0.717) is 21.6 Å². The average molecular weight is 389 g/mol. The molecule has 1 atom stereocenters. The molecular formula is C20H18Cl2N2O2. The van der Waals surface area contributed by atoms with Crippen LogP contribution in [0.1, 0.15) is 24.2 Å². The number of hydrogen-bond donors (Lipinski definition) is 0. The van der Waals surface area contributed by atoms with Crippen LogP contribution in [-0.4, -0.2) is 22.8 Å². The molecule has 0 bridgehead atoms. The first kappa shape index (κ1) is 18.5. The number of likely N-dealkylation sites (N-methyl/N-ethyl adjacent to an activating group) is 1. The first-order valence-electron chi connectivity index (χ1n) is 8.16. The fourth-order valence-electron chi connectivity index (χ4n) is 2.65. The molecule has 0 spiro atoms. The summed E-state index contributed by atoms with van der Waals surface area (Å²) >= 11 is 12.2. The van der Waals surface area contributed by atoms with Crippen LogP contribution >= 0.6 is 23.2 Å². The van der Waals surface area contributed by atoms with E-state index in [1.54, 1.807) is 24.1 Å². The summed E-state index contributed by atoms with van der Waals surface area (Å²) < 4.78 is 5.49. The van der Waals surface area contributed by atoms with Crippen molar-refractivity contribution in [1.29, 1.82) is 0 Å². The zero-order valence-electron chi connectivity index (χ0n) is 14.4. The van der Waals surface area contributed by atoms with Crippen molar-refractivity contribution in [2.24, 2.45) is 0 Å². The van der Waals surface area contributed by atoms with E-state index < -0.39 is 0 Å². The molecule has 1 amide bonds. The Morgan fingerprint density at radius 3 is 2.62 bits per heavy atom. The quantitative estimate of drug-likeness (QED) is 0.586. The van der Waals surface area contributed by atoms with Crippen LogP contribution in [-0.2, 0) is 11.2 Å². The fourth-order valence-corrected chi connectivity index (χ4v) is 3.21. The van der Waals surface area contributed by atoms with Gasteiger partial charge >= 0.3 is 0 Å². The van der Waals surface area contributed by atoms with Crippen LogP contribution in [0.2, 0.25) is 10.0 Å². The predicted molar refractivity (Wildman–Crippen MR) is 103 cm³/mol. The maximum atomic E-state index is 12.6. The van der Waals surface area contributed by atoms with E-state index in [1.807, 2.05) is 43.3 Å². The molecule has 6 heteroatoms. The molecule has 0 aliphatic rings. The summed E-state index contributed by atoms with van der Waals surface area (Å²) in [6.07, 6.45) is 1.68. The van der Waals surface area contributed by atoms with Crippen LogP contribution in [0.15, 0.2) is 59.2 Å². The summed E-state index contributed by atoms with van der Waals surface area (Å²) in [7, 11) is 1.75. The van der Waals surface area contributed by atoms with Crippen molar-refractivity contribution in [3.05, 3.63) is 76.1 Å². The Hall–Kier alpha value is -2.30. The zero-order chi connectivity index (χ0) is 18.7. The third kappa shape index (κ3) is 4.09. The van der Waals surface area contributed by atoms with E-state index in [2.05, 4.69) is 4.98 Å². The molecule has 0 saturated carbocycles. The largest absolute Gasteiger partial charge is 0.444 e. The standard InChI is InChI=1S/C20H18Cl2N2O2/c1-13(17-9-8-15(21)10-18(17)22)24(2)19(25)11-16-12-26-20(23-16)14-6-4-3-5-7-14/h3-10,12-13H,11H2,1-2H3. The molecule has 3 aromatic rings. The van der Waals surface area contributed by atoms with Gasteiger partial charge in [-0.15, -0.1) is 0 Å². The number of oxazole rings is 1. The van der Waals surface area contributed by atoms with Gasteiger partial charge in [0.05, 0.1) is 18.2 Å². The van der Waals surface area contributed by atoms with Crippen molar-refractivity contribution in [3.8, 4) is 11.5 Å². The minimum absolute atomic E-state index is 0.0728. The highest BCUT2D eigenvalue weighted by Crippen LogP contribution is 2.29. The minimum Gasteiger partial charge on any atom is -0.444 e. The van der Waals surface area contributed by atoms with Crippen molar-refractivity contribution in [3.63, 3.8) is 0 Å². The molecule has 0 aliphatic heterocycles. The molecule has 1 aromatic heterocycles. The number of rotatable bonds is 5. The highest BCUT2D eigenvalue weighted by Gasteiger charge is 2.21. The summed E-state index contributed by atoms with van der Waals surface area (Å²) in [5.74, 6) is 0.432. The maximum Gasteiger partial charge on any atom is 0.228 e. The highest BCUT2D eigenvalue weighted by molar-refractivity contribution is 6.35. The first-order chi connectivity index (χ1) is 12.5. The van der Waals surface area contributed by atoms with E-state index in [4.69, 9.17) is 27.6 Å². The van der Waals surface area contributed by atoms with Gasteiger partial charge < -0.3 is 9.32 Å². The smallest absolute Gasteiger partial charge is 0.228 e. The topological polar surface area (TPSA) is 46.3 Å². The molecular weight excluding hydrogens is 371 g/mol. The van der Waals surface area contributed by atoms with Crippen molar-refractivity contribution in [2.75, 3.05) is 7.05 Å². The van der Waals surface area contributed by atoms with Gasteiger partial charge in [0.25, 0.3) is 0 Å². The van der Waals surface area contributed by atoms with Crippen LogP contribution in [0.25, 0.3) is 11.5 Å². The number of aromatic nitrogens is 1. The molecule has 26 heavy (non-hydrogen) atoms. The lowest BCUT2D eigenvalue weighted by atomic mass is 10.1. The van der Waals surface area contributed by atoms with Crippen LogP contribution in [0.3, 0.4) is 0 Å². The SMILES string of the molecule is CC(c1ccc(Cl)cc1Cl)N(C)C(=O)Cc1coc(-c2ccccc2)n1. The second kappa shape index (κ2) is 7.94. The van der Waals surface area contributed by atoms with E-state index in [0.717, 1.165) is 11.1 Å². The van der Waals surface area contributed by atoms with Crippen LogP contribution in [0, 0.1) is 0 Å². The molecule has 0 saturated heterocycles. The molecule has 4 nitrogen and oxygen atoms in total. The lowest BCUT2D eigenvalue weighted by Crippen LogP contribution is -2.31. The number of carbonyl (C=O) groups excluding carboxylic acids is 1. The summed E-state index contributed by atoms with van der Waals surface area (Å²) in [6.45, 7) is 1.92. The van der Waals surface area contributed by atoms with Crippen molar-refractivity contribution >= 4 is 29.1 Å². The Balaban J connectivity index is 1.70. The van der Waals surface area contributed by atoms with Gasteiger partial charge in [0.15, 0.2) is 0 Å².